The Morgan fingerprint density at radius 1 is 0.633 bits per heavy atom. The van der Waals surface area contributed by atoms with Gasteiger partial charge in [-0.3, -0.25) is 4.98 Å². The summed E-state index contributed by atoms with van der Waals surface area (Å²) in [5.41, 5.74) is 3.57. The molecule has 3 aromatic rings. The van der Waals surface area contributed by atoms with Gasteiger partial charge in [0, 0.05) is 12.4 Å². The molecule has 0 aliphatic rings. The van der Waals surface area contributed by atoms with Crippen LogP contribution in [0, 0.1) is 0 Å². The van der Waals surface area contributed by atoms with Crippen LogP contribution < -0.4 is 4.74 Å². The summed E-state index contributed by atoms with van der Waals surface area (Å²) in [4.78, 5) is 8.91. The average Bonchev–Trinajstić information content (AvgIpc) is 2.80. The van der Waals surface area contributed by atoms with Gasteiger partial charge in [0.15, 0.2) is 0 Å². The molecule has 0 amide bonds. The second kappa shape index (κ2) is 12.8. The summed E-state index contributed by atoms with van der Waals surface area (Å²) in [5, 5.41) is 0. The molecule has 3 nitrogen and oxygen atoms in total. The monoisotopic (exact) mass is 402 g/mol. The van der Waals surface area contributed by atoms with Crippen LogP contribution in [-0.4, -0.2) is 9.97 Å². The van der Waals surface area contributed by atoms with Crippen LogP contribution in [0.1, 0.15) is 68.7 Å². The Morgan fingerprint density at radius 3 is 2.07 bits per heavy atom. The Labute approximate surface area is 181 Å². The fourth-order valence-electron chi connectivity index (χ4n) is 3.64. The first kappa shape index (κ1) is 22.0. The molecule has 3 heteroatoms. The highest BCUT2D eigenvalue weighted by Crippen LogP contribution is 2.23. The third-order valence-corrected chi connectivity index (χ3v) is 5.44. The van der Waals surface area contributed by atoms with E-state index in [0.29, 0.717) is 5.88 Å². The van der Waals surface area contributed by atoms with Crippen LogP contribution >= 0.6 is 0 Å². The fraction of sp³-hybridized carbons (Fsp3) is 0.407. The minimum Gasteiger partial charge on any atom is -0.437 e. The lowest BCUT2D eigenvalue weighted by Gasteiger charge is -2.10. The number of rotatable bonds is 13. The predicted molar refractivity (Wildman–Crippen MR) is 124 cm³/mol. The van der Waals surface area contributed by atoms with Crippen molar-refractivity contribution in [2.75, 3.05) is 0 Å². The van der Waals surface area contributed by atoms with Crippen molar-refractivity contribution in [3.63, 3.8) is 0 Å². The predicted octanol–water partition coefficient (Wildman–Crippen LogP) is 7.35. The van der Waals surface area contributed by atoms with Gasteiger partial charge in [-0.15, -0.1) is 0 Å². The molecule has 0 spiro atoms. The summed E-state index contributed by atoms with van der Waals surface area (Å²) in [7, 11) is 0. The number of hydrogen-bond donors (Lipinski definition) is 0. The van der Waals surface area contributed by atoms with Crippen LogP contribution in [0.3, 0.4) is 0 Å². The molecule has 0 radical (unpaired) electrons. The van der Waals surface area contributed by atoms with E-state index in [-0.39, 0.29) is 0 Å². The number of aryl methyl sites for hydroxylation is 3. The average molecular weight is 403 g/mol. The highest BCUT2D eigenvalue weighted by molar-refractivity contribution is 5.32. The minimum absolute atomic E-state index is 0.605. The molecule has 158 valence electrons. The molecule has 0 aliphatic carbocycles. The third kappa shape index (κ3) is 7.62. The van der Waals surface area contributed by atoms with Crippen LogP contribution in [0.2, 0.25) is 0 Å². The molecule has 0 saturated heterocycles. The van der Waals surface area contributed by atoms with E-state index in [1.807, 2.05) is 18.2 Å². The molecule has 2 aromatic carbocycles. The van der Waals surface area contributed by atoms with Crippen molar-refractivity contribution < 1.29 is 4.74 Å². The van der Waals surface area contributed by atoms with Gasteiger partial charge < -0.3 is 4.74 Å². The van der Waals surface area contributed by atoms with E-state index in [0.717, 1.165) is 30.7 Å². The van der Waals surface area contributed by atoms with Crippen molar-refractivity contribution in [1.29, 1.82) is 0 Å². The highest BCUT2D eigenvalue weighted by atomic mass is 16.5. The van der Waals surface area contributed by atoms with Crippen molar-refractivity contribution in [3.8, 4) is 11.6 Å². The zero-order chi connectivity index (χ0) is 20.9. The molecular weight excluding hydrogens is 368 g/mol. The molecule has 3 rings (SSSR count). The summed E-state index contributed by atoms with van der Waals surface area (Å²) in [5.74, 6) is 1.42. The number of ether oxygens (including phenoxy) is 1. The Balaban J connectivity index is 1.47. The zero-order valence-corrected chi connectivity index (χ0v) is 18.2. The van der Waals surface area contributed by atoms with Crippen molar-refractivity contribution in [2.24, 2.45) is 0 Å². The van der Waals surface area contributed by atoms with Gasteiger partial charge in [0.1, 0.15) is 11.4 Å². The Morgan fingerprint density at radius 2 is 1.30 bits per heavy atom. The first-order valence-electron chi connectivity index (χ1n) is 11.5. The van der Waals surface area contributed by atoms with E-state index in [1.54, 1.807) is 12.4 Å². The lowest BCUT2D eigenvalue weighted by molar-refractivity contribution is 0.451. The molecular formula is C27H34N2O. The highest BCUT2D eigenvalue weighted by Gasteiger charge is 2.08. The van der Waals surface area contributed by atoms with Crippen LogP contribution in [0.15, 0.2) is 67.0 Å². The second-order valence-corrected chi connectivity index (χ2v) is 7.91. The van der Waals surface area contributed by atoms with E-state index in [4.69, 9.17) is 4.74 Å². The zero-order valence-electron chi connectivity index (χ0n) is 18.2. The smallest absolute Gasteiger partial charge is 0.241 e. The van der Waals surface area contributed by atoms with Crippen LogP contribution in [0.4, 0.5) is 0 Å². The first-order chi connectivity index (χ1) is 14.8. The molecule has 0 bridgehead atoms. The normalized spacial score (nSPS) is 10.8. The summed E-state index contributed by atoms with van der Waals surface area (Å²) in [6.45, 7) is 2.27. The summed E-state index contributed by atoms with van der Waals surface area (Å²) in [6, 6.07) is 18.9. The lowest BCUT2D eigenvalue weighted by Crippen LogP contribution is -2.00. The van der Waals surface area contributed by atoms with Crippen molar-refractivity contribution in [3.05, 3.63) is 83.8 Å². The lowest BCUT2D eigenvalue weighted by atomic mass is 10.0. The molecule has 0 fully saturated rings. The van der Waals surface area contributed by atoms with E-state index in [1.165, 1.54) is 56.1 Å². The third-order valence-electron chi connectivity index (χ3n) is 5.44. The van der Waals surface area contributed by atoms with Gasteiger partial charge in [0.05, 0.1) is 0 Å². The number of aromatic nitrogens is 2. The van der Waals surface area contributed by atoms with Gasteiger partial charge in [-0.05, 0) is 48.9 Å². The summed E-state index contributed by atoms with van der Waals surface area (Å²) < 4.78 is 6.06. The molecule has 0 unspecified atom stereocenters. The molecule has 0 saturated carbocycles. The van der Waals surface area contributed by atoms with Gasteiger partial charge in [-0.25, -0.2) is 4.98 Å². The maximum Gasteiger partial charge on any atom is 0.241 e. The minimum atomic E-state index is 0.605. The fourth-order valence-corrected chi connectivity index (χ4v) is 3.64. The topological polar surface area (TPSA) is 35.0 Å². The molecule has 1 aromatic heterocycles. The summed E-state index contributed by atoms with van der Waals surface area (Å²) in [6.07, 6.45) is 15.7. The summed E-state index contributed by atoms with van der Waals surface area (Å²) >= 11 is 0. The van der Waals surface area contributed by atoms with E-state index >= 15 is 0 Å². The van der Waals surface area contributed by atoms with Crippen molar-refractivity contribution >= 4 is 0 Å². The molecule has 0 aliphatic heterocycles. The van der Waals surface area contributed by atoms with Crippen LogP contribution in [-0.2, 0) is 19.3 Å². The maximum atomic E-state index is 6.06. The van der Waals surface area contributed by atoms with Gasteiger partial charge in [-0.2, -0.15) is 0 Å². The van der Waals surface area contributed by atoms with Gasteiger partial charge >= 0.3 is 0 Å². The Hall–Kier alpha value is -2.68. The Bertz CT molecular complexity index is 846. The van der Waals surface area contributed by atoms with Crippen LogP contribution in [0.25, 0.3) is 0 Å². The van der Waals surface area contributed by atoms with E-state index in [2.05, 4.69) is 53.3 Å². The van der Waals surface area contributed by atoms with Gasteiger partial charge in [0.2, 0.25) is 5.88 Å². The molecule has 1 heterocycles. The number of hydrogen-bond acceptors (Lipinski definition) is 3. The van der Waals surface area contributed by atoms with E-state index < -0.39 is 0 Å². The first-order valence-corrected chi connectivity index (χ1v) is 11.5. The SMILES string of the molecule is CCCCCCCCCc1ccc(Oc2nccnc2CCc2ccccc2)cc1. The number of unbranched alkanes of at least 4 members (excludes halogenated alkanes) is 6. The van der Waals surface area contributed by atoms with Crippen molar-refractivity contribution in [1.82, 2.24) is 9.97 Å². The molecule has 0 atom stereocenters. The second-order valence-electron chi connectivity index (χ2n) is 7.91. The van der Waals surface area contributed by atoms with Crippen LogP contribution in [0.5, 0.6) is 11.6 Å². The largest absolute Gasteiger partial charge is 0.437 e. The Kier molecular flexibility index (Phi) is 9.39. The number of nitrogens with zero attached hydrogens (tertiary/aromatic N) is 2. The standard InChI is InChI=1S/C27H34N2O/c1-2-3-4-5-6-7-9-14-24-15-18-25(19-16-24)30-27-26(28-21-22-29-27)20-17-23-12-10-8-11-13-23/h8,10-13,15-16,18-19,21-22H,2-7,9,14,17,20H2,1H3. The maximum absolute atomic E-state index is 6.06. The van der Waals surface area contributed by atoms with Gasteiger partial charge in [-0.1, -0.05) is 87.9 Å². The quantitative estimate of drug-likeness (QED) is 0.280. The molecule has 0 N–H and O–H groups in total. The van der Waals surface area contributed by atoms with E-state index in [9.17, 15) is 0 Å². The molecule has 30 heavy (non-hydrogen) atoms. The number of benzene rings is 2. The van der Waals surface area contributed by atoms with Crippen molar-refractivity contribution in [2.45, 2.75) is 71.1 Å². The van der Waals surface area contributed by atoms with Gasteiger partial charge in [0.25, 0.3) is 0 Å².